The Morgan fingerprint density at radius 1 is 0.387 bits per heavy atom. The van der Waals surface area contributed by atoms with Crippen LogP contribution in [0.25, 0.3) is 45.3 Å². The second-order valence-corrected chi connectivity index (χ2v) is 7.56. The summed E-state index contributed by atoms with van der Waals surface area (Å²) >= 11 is 6.08. The van der Waals surface area contributed by atoms with Gasteiger partial charge in [-0.25, -0.2) is 15.0 Å². The molecule has 0 unspecified atom stereocenters. The first-order valence-electron chi connectivity index (χ1n) is 9.99. The monoisotopic (exact) mass is 419 g/mol. The molecule has 0 radical (unpaired) electrons. The Kier molecular flexibility index (Phi) is 5.26. The zero-order valence-corrected chi connectivity index (χ0v) is 17.4. The molecule has 0 fully saturated rings. The minimum Gasteiger partial charge on any atom is -0.208 e. The first-order valence-corrected chi connectivity index (χ1v) is 10.4. The van der Waals surface area contributed by atoms with Gasteiger partial charge < -0.3 is 0 Å². The zero-order valence-electron chi connectivity index (χ0n) is 16.6. The summed E-state index contributed by atoms with van der Waals surface area (Å²) in [4.78, 5) is 14.3. The van der Waals surface area contributed by atoms with Crippen LogP contribution in [0.2, 0.25) is 5.02 Å². The largest absolute Gasteiger partial charge is 0.208 e. The second kappa shape index (κ2) is 8.50. The maximum absolute atomic E-state index is 6.08. The fourth-order valence-electron chi connectivity index (χ4n) is 3.42. The highest BCUT2D eigenvalue weighted by atomic mass is 35.5. The van der Waals surface area contributed by atoms with Crippen molar-refractivity contribution in [1.82, 2.24) is 15.0 Å². The quantitative estimate of drug-likeness (QED) is 0.309. The Morgan fingerprint density at radius 2 is 0.839 bits per heavy atom. The van der Waals surface area contributed by atoms with Gasteiger partial charge in [-0.15, -0.1) is 0 Å². The molecule has 0 bridgehead atoms. The van der Waals surface area contributed by atoms with Crippen molar-refractivity contribution < 1.29 is 0 Å². The first-order chi connectivity index (χ1) is 15.3. The van der Waals surface area contributed by atoms with Crippen molar-refractivity contribution in [2.24, 2.45) is 0 Å². The van der Waals surface area contributed by atoms with Crippen molar-refractivity contribution in [2.75, 3.05) is 0 Å². The van der Waals surface area contributed by atoms with E-state index >= 15 is 0 Å². The van der Waals surface area contributed by atoms with Gasteiger partial charge in [0.1, 0.15) is 0 Å². The van der Waals surface area contributed by atoms with Crippen LogP contribution < -0.4 is 0 Å². The lowest BCUT2D eigenvalue weighted by molar-refractivity contribution is 1.07. The normalized spacial score (nSPS) is 10.7. The molecule has 148 valence electrons. The smallest absolute Gasteiger partial charge is 0.164 e. The summed E-state index contributed by atoms with van der Waals surface area (Å²) in [6.45, 7) is 0. The van der Waals surface area contributed by atoms with Gasteiger partial charge in [0.2, 0.25) is 0 Å². The Hall–Kier alpha value is -3.82. The van der Waals surface area contributed by atoms with Crippen LogP contribution in [0.3, 0.4) is 0 Å². The van der Waals surface area contributed by atoms with E-state index in [1.165, 1.54) is 0 Å². The van der Waals surface area contributed by atoms with Crippen molar-refractivity contribution in [1.29, 1.82) is 0 Å². The second-order valence-electron chi connectivity index (χ2n) is 7.13. The van der Waals surface area contributed by atoms with Gasteiger partial charge in [-0.3, -0.25) is 0 Å². The summed E-state index contributed by atoms with van der Waals surface area (Å²) in [7, 11) is 0. The van der Waals surface area contributed by atoms with Crippen LogP contribution >= 0.6 is 11.6 Å². The summed E-state index contributed by atoms with van der Waals surface area (Å²) in [5.41, 5.74) is 5.05. The van der Waals surface area contributed by atoms with Gasteiger partial charge in [-0.05, 0) is 41.5 Å². The molecule has 0 saturated carbocycles. The SMILES string of the molecule is Clc1ccc(-c2nc(-c3ccccc3)nc(-c3cccc(-c4ccccc4)c3)n2)cc1. The van der Waals surface area contributed by atoms with E-state index in [4.69, 9.17) is 26.6 Å². The summed E-state index contributed by atoms with van der Waals surface area (Å²) in [6.07, 6.45) is 0. The van der Waals surface area contributed by atoms with Crippen LogP contribution in [0.4, 0.5) is 0 Å². The van der Waals surface area contributed by atoms with Crippen LogP contribution in [-0.2, 0) is 0 Å². The van der Waals surface area contributed by atoms with Crippen LogP contribution in [-0.4, -0.2) is 15.0 Å². The first kappa shape index (κ1) is 19.2. The lowest BCUT2D eigenvalue weighted by Gasteiger charge is -2.09. The highest BCUT2D eigenvalue weighted by Crippen LogP contribution is 2.28. The van der Waals surface area contributed by atoms with E-state index in [1.54, 1.807) is 0 Å². The van der Waals surface area contributed by atoms with Crippen molar-refractivity contribution in [3.05, 3.63) is 114 Å². The summed E-state index contributed by atoms with van der Waals surface area (Å²) in [6, 6.07) is 36.1. The van der Waals surface area contributed by atoms with E-state index in [9.17, 15) is 0 Å². The molecule has 31 heavy (non-hydrogen) atoms. The number of benzene rings is 4. The molecule has 1 aromatic heterocycles. The van der Waals surface area contributed by atoms with Gasteiger partial charge in [-0.2, -0.15) is 0 Å². The fourth-order valence-corrected chi connectivity index (χ4v) is 3.54. The molecule has 5 rings (SSSR count). The van der Waals surface area contributed by atoms with E-state index in [-0.39, 0.29) is 0 Å². The van der Waals surface area contributed by atoms with E-state index in [1.807, 2.05) is 84.9 Å². The van der Waals surface area contributed by atoms with Gasteiger partial charge in [0.25, 0.3) is 0 Å². The van der Waals surface area contributed by atoms with Crippen LogP contribution in [0, 0.1) is 0 Å². The van der Waals surface area contributed by atoms with E-state index < -0.39 is 0 Å². The molecule has 0 saturated heterocycles. The molecule has 0 atom stereocenters. The van der Waals surface area contributed by atoms with Crippen LogP contribution in [0.5, 0.6) is 0 Å². The van der Waals surface area contributed by atoms with E-state index in [0.29, 0.717) is 22.5 Å². The number of rotatable bonds is 4. The highest BCUT2D eigenvalue weighted by molar-refractivity contribution is 6.30. The van der Waals surface area contributed by atoms with Crippen molar-refractivity contribution in [3.8, 4) is 45.3 Å². The Bertz CT molecular complexity index is 1320. The van der Waals surface area contributed by atoms with Gasteiger partial charge in [0, 0.05) is 21.7 Å². The Labute approximate surface area is 186 Å². The average Bonchev–Trinajstić information content (AvgIpc) is 2.85. The predicted molar refractivity (Wildman–Crippen MR) is 127 cm³/mol. The third kappa shape index (κ3) is 4.23. The number of halogens is 1. The van der Waals surface area contributed by atoms with Gasteiger partial charge >= 0.3 is 0 Å². The molecular formula is C27H18ClN3. The molecule has 0 spiro atoms. The lowest BCUT2D eigenvalue weighted by atomic mass is 10.0. The number of hydrogen-bond acceptors (Lipinski definition) is 3. The summed E-state index contributed by atoms with van der Waals surface area (Å²) < 4.78 is 0. The maximum atomic E-state index is 6.08. The molecule has 1 heterocycles. The number of aromatic nitrogens is 3. The summed E-state index contributed by atoms with van der Waals surface area (Å²) in [5.74, 6) is 1.89. The van der Waals surface area contributed by atoms with Gasteiger partial charge in [0.05, 0.1) is 0 Å². The molecule has 0 N–H and O–H groups in total. The molecule has 4 aromatic carbocycles. The zero-order chi connectivity index (χ0) is 21.0. The number of hydrogen-bond donors (Lipinski definition) is 0. The van der Waals surface area contributed by atoms with Crippen LogP contribution in [0.1, 0.15) is 0 Å². The standard InChI is InChI=1S/C27H18ClN3/c28-24-16-14-21(15-17-24)26-29-25(20-10-5-2-6-11-20)30-27(31-26)23-13-7-12-22(18-23)19-8-3-1-4-9-19/h1-18H. The topological polar surface area (TPSA) is 38.7 Å². The third-order valence-electron chi connectivity index (χ3n) is 5.00. The highest BCUT2D eigenvalue weighted by Gasteiger charge is 2.12. The number of nitrogens with zero attached hydrogens (tertiary/aromatic N) is 3. The molecule has 4 heteroatoms. The van der Waals surface area contributed by atoms with Crippen molar-refractivity contribution in [2.45, 2.75) is 0 Å². The van der Waals surface area contributed by atoms with Crippen LogP contribution in [0.15, 0.2) is 109 Å². The average molecular weight is 420 g/mol. The van der Waals surface area contributed by atoms with Gasteiger partial charge in [0.15, 0.2) is 17.5 Å². The molecule has 5 aromatic rings. The minimum atomic E-state index is 0.616. The minimum absolute atomic E-state index is 0.616. The van der Waals surface area contributed by atoms with E-state index in [0.717, 1.165) is 27.8 Å². The molecular weight excluding hydrogens is 402 g/mol. The maximum Gasteiger partial charge on any atom is 0.164 e. The van der Waals surface area contributed by atoms with E-state index in [2.05, 4.69) is 24.3 Å². The predicted octanol–water partition coefficient (Wildman–Crippen LogP) is 7.19. The Morgan fingerprint density at radius 3 is 1.45 bits per heavy atom. The molecule has 0 aliphatic rings. The lowest BCUT2D eigenvalue weighted by Crippen LogP contribution is -2.00. The fraction of sp³-hybridized carbons (Fsp3) is 0. The molecule has 3 nitrogen and oxygen atoms in total. The molecule has 0 amide bonds. The third-order valence-corrected chi connectivity index (χ3v) is 5.25. The summed E-state index contributed by atoms with van der Waals surface area (Å²) in [5, 5.41) is 0.678. The molecule has 0 aliphatic carbocycles. The van der Waals surface area contributed by atoms with Crippen molar-refractivity contribution in [3.63, 3.8) is 0 Å². The van der Waals surface area contributed by atoms with Gasteiger partial charge in [-0.1, -0.05) is 90.5 Å². The Balaban J connectivity index is 1.66. The van der Waals surface area contributed by atoms with Crippen molar-refractivity contribution >= 4 is 11.6 Å². The molecule has 0 aliphatic heterocycles.